The lowest BCUT2D eigenvalue weighted by Gasteiger charge is -2.32. The second-order valence-corrected chi connectivity index (χ2v) is 4.61. The average Bonchev–Trinajstić information content (AvgIpc) is 1.79. The second-order valence-electron chi connectivity index (χ2n) is 4.61. The first-order valence-corrected chi connectivity index (χ1v) is 4.32. The summed E-state index contributed by atoms with van der Waals surface area (Å²) in [5.74, 6) is -1.68. The molecular weight excluding hydrogens is 186 g/mol. The Labute approximate surface area is 83.5 Å². The third-order valence-electron chi connectivity index (χ3n) is 1.83. The highest BCUT2D eigenvalue weighted by molar-refractivity contribution is 5.89. The van der Waals surface area contributed by atoms with Crippen LogP contribution < -0.4 is 0 Å². The third kappa shape index (κ3) is 4.34. The maximum Gasteiger partial charge on any atom is 0.306 e. The van der Waals surface area contributed by atoms with Gasteiger partial charge in [0.1, 0.15) is 6.54 Å². The lowest BCUT2D eigenvalue weighted by molar-refractivity contribution is -0.875. The van der Waals surface area contributed by atoms with Gasteiger partial charge in [-0.1, -0.05) is 0 Å². The molecule has 0 saturated carbocycles. The number of likely N-dealkylation sites (N-methyl/N-ethyl adjacent to an activating group) is 1. The highest BCUT2D eigenvalue weighted by Gasteiger charge is 2.40. The molecule has 0 bridgehead atoms. The van der Waals surface area contributed by atoms with Crippen molar-refractivity contribution in [3.8, 4) is 0 Å². The fraction of sp³-hybridized carbons (Fsp3) is 0.778. The van der Waals surface area contributed by atoms with Gasteiger partial charge in [0.25, 0.3) is 0 Å². The molecule has 0 aliphatic rings. The zero-order valence-corrected chi connectivity index (χ0v) is 9.07. The van der Waals surface area contributed by atoms with E-state index in [1.807, 2.05) is 0 Å². The van der Waals surface area contributed by atoms with Crippen molar-refractivity contribution in [2.24, 2.45) is 0 Å². The van der Waals surface area contributed by atoms with Crippen LogP contribution in [0.25, 0.3) is 0 Å². The number of nitrogens with zero attached hydrogens (tertiary/aromatic N) is 1. The summed E-state index contributed by atoms with van der Waals surface area (Å²) in [5.41, 5.74) is -1.76. The summed E-state index contributed by atoms with van der Waals surface area (Å²) >= 11 is 0. The molecule has 0 heterocycles. The van der Waals surface area contributed by atoms with Crippen LogP contribution >= 0.6 is 0 Å². The van der Waals surface area contributed by atoms with Crippen LogP contribution in [0.5, 0.6) is 0 Å². The Bertz CT molecular complexity index is 244. The van der Waals surface area contributed by atoms with E-state index in [-0.39, 0.29) is 6.54 Å². The molecule has 0 aromatic heterocycles. The van der Waals surface area contributed by atoms with Crippen molar-refractivity contribution in [3.05, 3.63) is 0 Å². The summed E-state index contributed by atoms with van der Waals surface area (Å²) in [6, 6.07) is 0. The summed E-state index contributed by atoms with van der Waals surface area (Å²) in [5, 5.41) is 18.4. The molecule has 0 rings (SSSR count). The molecule has 0 aliphatic heterocycles. The van der Waals surface area contributed by atoms with Gasteiger partial charge in [0.05, 0.1) is 27.6 Å². The van der Waals surface area contributed by atoms with Crippen molar-refractivity contribution in [1.29, 1.82) is 0 Å². The van der Waals surface area contributed by atoms with Crippen molar-refractivity contribution in [2.75, 3.05) is 27.7 Å². The summed E-state index contributed by atoms with van der Waals surface area (Å²) in [6.45, 7) is 1.30. The number of hydrogen-bond donors (Lipinski definition) is 2. The monoisotopic (exact) mass is 204 g/mol. The van der Waals surface area contributed by atoms with Crippen molar-refractivity contribution < 1.29 is 24.3 Å². The maximum atomic E-state index is 11.2. The minimum atomic E-state index is -1.76. The predicted molar refractivity (Wildman–Crippen MR) is 50.8 cm³/mol. The summed E-state index contributed by atoms with van der Waals surface area (Å²) in [7, 11) is 5.36. The number of ketones is 1. The van der Waals surface area contributed by atoms with Crippen LogP contribution in [0.3, 0.4) is 0 Å². The number of hydrogen-bond acceptors (Lipinski definition) is 3. The molecular formula is C9H18NO4+. The smallest absolute Gasteiger partial charge is 0.306 e. The molecule has 82 valence electrons. The number of rotatable bonds is 5. The molecule has 0 spiro atoms. The fourth-order valence-corrected chi connectivity index (χ4v) is 1.33. The number of aliphatic carboxylic acids is 1. The van der Waals surface area contributed by atoms with E-state index in [4.69, 9.17) is 5.11 Å². The Balaban J connectivity index is 4.73. The topological polar surface area (TPSA) is 74.6 Å². The maximum absolute atomic E-state index is 11.2. The van der Waals surface area contributed by atoms with E-state index >= 15 is 0 Å². The first-order valence-electron chi connectivity index (χ1n) is 4.32. The Morgan fingerprint density at radius 3 is 1.93 bits per heavy atom. The molecule has 0 aromatic carbocycles. The summed E-state index contributed by atoms with van der Waals surface area (Å²) < 4.78 is 0.337. The van der Waals surface area contributed by atoms with Crippen molar-refractivity contribution >= 4 is 11.8 Å². The third-order valence-corrected chi connectivity index (χ3v) is 1.83. The van der Waals surface area contributed by atoms with Crippen molar-refractivity contribution in [2.45, 2.75) is 18.9 Å². The lowest BCUT2D eigenvalue weighted by atomic mass is 9.94. The number of carbonyl (C=O) groups excluding carboxylic acids is 1. The van der Waals surface area contributed by atoms with Crippen LogP contribution in [0.4, 0.5) is 0 Å². The Kier molecular flexibility index (Phi) is 3.79. The van der Waals surface area contributed by atoms with Crippen molar-refractivity contribution in [3.63, 3.8) is 0 Å². The number of aliphatic hydroxyl groups is 1. The molecule has 0 aliphatic carbocycles. The Hall–Kier alpha value is -0.940. The number of carboxylic acids is 1. The number of carboxylic acid groups (broad SMARTS) is 1. The van der Waals surface area contributed by atoms with E-state index in [2.05, 4.69) is 0 Å². The minimum absolute atomic E-state index is 0.0919. The number of Topliss-reactive ketones (excluding diaryl/α,β-unsaturated/α-hetero) is 1. The zero-order valence-electron chi connectivity index (χ0n) is 9.07. The summed E-state index contributed by atoms with van der Waals surface area (Å²) in [4.78, 5) is 21.6. The van der Waals surface area contributed by atoms with E-state index in [1.165, 1.54) is 6.92 Å². The van der Waals surface area contributed by atoms with Crippen LogP contribution in [-0.2, 0) is 9.59 Å². The van der Waals surface area contributed by atoms with Gasteiger partial charge in [-0.05, 0) is 6.92 Å². The van der Waals surface area contributed by atoms with Gasteiger partial charge in [0.15, 0.2) is 11.4 Å². The quantitative estimate of drug-likeness (QED) is 0.591. The zero-order chi connectivity index (χ0) is 11.6. The van der Waals surface area contributed by atoms with E-state index in [0.717, 1.165) is 0 Å². The van der Waals surface area contributed by atoms with Gasteiger partial charge in [0, 0.05) is 0 Å². The van der Waals surface area contributed by atoms with Gasteiger partial charge in [-0.25, -0.2) is 0 Å². The molecule has 1 atom stereocenters. The van der Waals surface area contributed by atoms with Gasteiger partial charge in [-0.3, -0.25) is 9.59 Å². The molecule has 5 heteroatoms. The van der Waals surface area contributed by atoms with E-state index < -0.39 is 23.8 Å². The first kappa shape index (κ1) is 13.1. The molecule has 0 amide bonds. The second kappa shape index (κ2) is 4.06. The minimum Gasteiger partial charge on any atom is -0.481 e. The fourth-order valence-electron chi connectivity index (χ4n) is 1.33. The molecule has 0 saturated heterocycles. The molecule has 5 nitrogen and oxygen atoms in total. The van der Waals surface area contributed by atoms with E-state index in [0.29, 0.717) is 4.48 Å². The van der Waals surface area contributed by atoms with Crippen LogP contribution in [-0.4, -0.2) is 59.7 Å². The number of carbonyl (C=O) groups is 2. The largest absolute Gasteiger partial charge is 0.481 e. The van der Waals surface area contributed by atoms with E-state index in [1.54, 1.807) is 21.1 Å². The first-order chi connectivity index (χ1) is 6.07. The van der Waals surface area contributed by atoms with Gasteiger partial charge >= 0.3 is 5.97 Å². The van der Waals surface area contributed by atoms with E-state index in [9.17, 15) is 14.7 Å². The van der Waals surface area contributed by atoms with Crippen LogP contribution in [0.15, 0.2) is 0 Å². The molecule has 0 fully saturated rings. The Morgan fingerprint density at radius 2 is 1.71 bits per heavy atom. The normalized spacial score (nSPS) is 16.1. The highest BCUT2D eigenvalue weighted by atomic mass is 16.4. The van der Waals surface area contributed by atoms with Gasteiger partial charge < -0.3 is 14.7 Å². The predicted octanol–water partition coefficient (Wildman–Crippen LogP) is -0.513. The standard InChI is InChI=1S/C9H17NO4/c1-7(11)9(14,5-8(12)13)6-10(2,3)4/h14H,5-6H2,1-4H3/p+1/t9-/m1/s1. The van der Waals surface area contributed by atoms with Crippen LogP contribution in [0, 0.1) is 0 Å². The molecule has 0 radical (unpaired) electrons. The Morgan fingerprint density at radius 1 is 1.29 bits per heavy atom. The average molecular weight is 204 g/mol. The highest BCUT2D eigenvalue weighted by Crippen LogP contribution is 2.15. The van der Waals surface area contributed by atoms with Gasteiger partial charge in [0.2, 0.25) is 0 Å². The van der Waals surface area contributed by atoms with Gasteiger partial charge in [-0.15, -0.1) is 0 Å². The molecule has 0 unspecified atom stereocenters. The lowest BCUT2D eigenvalue weighted by Crippen LogP contribution is -2.54. The summed E-state index contributed by atoms with van der Waals surface area (Å²) in [6.07, 6.45) is -0.544. The molecule has 0 aromatic rings. The molecule has 14 heavy (non-hydrogen) atoms. The van der Waals surface area contributed by atoms with Crippen molar-refractivity contribution in [1.82, 2.24) is 0 Å². The molecule has 2 N–H and O–H groups in total. The van der Waals surface area contributed by atoms with Crippen LogP contribution in [0.1, 0.15) is 13.3 Å². The van der Waals surface area contributed by atoms with Gasteiger partial charge in [-0.2, -0.15) is 0 Å². The SMILES string of the molecule is CC(=O)[C@@](O)(CC(=O)O)C[N+](C)(C)C. The van der Waals surface area contributed by atoms with Crippen LogP contribution in [0.2, 0.25) is 0 Å². The number of quaternary nitrogens is 1.